The van der Waals surface area contributed by atoms with Crippen LogP contribution in [0.1, 0.15) is 36.4 Å². The molecule has 5 nitrogen and oxygen atoms in total. The fraction of sp³-hybridized carbons (Fsp3) is 0.250. The highest BCUT2D eigenvalue weighted by atomic mass is 16.6. The van der Waals surface area contributed by atoms with Crippen molar-refractivity contribution < 1.29 is 9.66 Å². The smallest absolute Gasteiger partial charge is 0.296 e. The Morgan fingerprint density at radius 2 is 1.97 bits per heavy atom. The number of nitro groups is 1. The number of hydrogen-bond acceptors (Lipinski definition) is 4. The Balaban J connectivity index is 1.69. The predicted octanol–water partition coefficient (Wildman–Crippen LogP) is 5.97. The van der Waals surface area contributed by atoms with Crippen LogP contribution in [0.4, 0.5) is 11.4 Å². The van der Waals surface area contributed by atoms with Gasteiger partial charge in [0.05, 0.1) is 23.6 Å². The highest BCUT2D eigenvalue weighted by Crippen LogP contribution is 2.53. The first-order chi connectivity index (χ1) is 14.2. The Morgan fingerprint density at radius 3 is 2.79 bits per heavy atom. The molecule has 0 unspecified atom stereocenters. The van der Waals surface area contributed by atoms with E-state index in [4.69, 9.17) is 4.74 Å². The quantitative estimate of drug-likeness (QED) is 0.341. The number of nitrogens with zero attached hydrogens (tertiary/aromatic N) is 1. The molecule has 0 spiro atoms. The molecule has 29 heavy (non-hydrogen) atoms. The third-order valence-corrected chi connectivity index (χ3v) is 6.09. The monoisotopic (exact) mass is 386 g/mol. The second kappa shape index (κ2) is 6.92. The molecular formula is C24H22N2O3. The topological polar surface area (TPSA) is 64.4 Å². The lowest BCUT2D eigenvalue weighted by Gasteiger charge is -2.37. The number of hydrogen-bond donors (Lipinski definition) is 1. The molecule has 3 aromatic rings. The van der Waals surface area contributed by atoms with E-state index >= 15 is 0 Å². The van der Waals surface area contributed by atoms with E-state index in [9.17, 15) is 10.1 Å². The Bertz CT molecular complexity index is 1130. The molecule has 0 aromatic heterocycles. The van der Waals surface area contributed by atoms with E-state index in [1.807, 2.05) is 25.1 Å². The number of anilines is 1. The van der Waals surface area contributed by atoms with Crippen LogP contribution in [0.15, 0.2) is 66.7 Å². The largest absolute Gasteiger partial charge is 0.494 e. The van der Waals surface area contributed by atoms with Crippen LogP contribution >= 0.6 is 0 Å². The molecule has 0 saturated heterocycles. The van der Waals surface area contributed by atoms with Crippen molar-refractivity contribution in [3.05, 3.63) is 88.0 Å². The molecular weight excluding hydrogens is 364 g/mol. The third-order valence-electron chi connectivity index (χ3n) is 6.09. The van der Waals surface area contributed by atoms with Gasteiger partial charge < -0.3 is 10.1 Å². The van der Waals surface area contributed by atoms with E-state index in [-0.39, 0.29) is 22.6 Å². The minimum atomic E-state index is -0.312. The van der Waals surface area contributed by atoms with Gasteiger partial charge in [-0.15, -0.1) is 0 Å². The molecule has 1 heterocycles. The molecule has 2 aliphatic rings. The lowest BCUT2D eigenvalue weighted by Crippen LogP contribution is -2.29. The average Bonchev–Trinajstić information content (AvgIpc) is 3.23. The van der Waals surface area contributed by atoms with Gasteiger partial charge in [0, 0.05) is 5.92 Å². The highest BCUT2D eigenvalue weighted by molar-refractivity contribution is 5.87. The van der Waals surface area contributed by atoms with Crippen LogP contribution in [0.2, 0.25) is 0 Å². The van der Waals surface area contributed by atoms with E-state index in [0.29, 0.717) is 24.0 Å². The Hall–Kier alpha value is -3.34. The number of nitro benzene ring substituents is 1. The van der Waals surface area contributed by atoms with Gasteiger partial charge in [-0.25, -0.2) is 0 Å². The molecule has 146 valence electrons. The molecule has 1 aliphatic heterocycles. The number of nitrogens with one attached hydrogen (secondary N) is 1. The lowest BCUT2D eigenvalue weighted by molar-refractivity contribution is -0.384. The van der Waals surface area contributed by atoms with Crippen molar-refractivity contribution in [3.8, 4) is 5.75 Å². The first kappa shape index (κ1) is 17.7. The first-order valence-electron chi connectivity index (χ1n) is 10.0. The van der Waals surface area contributed by atoms with Crippen LogP contribution in [0.25, 0.3) is 10.8 Å². The predicted molar refractivity (Wildman–Crippen MR) is 115 cm³/mol. The van der Waals surface area contributed by atoms with E-state index in [0.717, 1.165) is 12.0 Å². The molecule has 1 aliphatic carbocycles. The van der Waals surface area contributed by atoms with Crippen LogP contribution in [0.3, 0.4) is 0 Å². The molecule has 1 N–H and O–H groups in total. The first-order valence-corrected chi connectivity index (χ1v) is 10.0. The van der Waals surface area contributed by atoms with Crippen LogP contribution in [0.5, 0.6) is 5.75 Å². The van der Waals surface area contributed by atoms with Crippen molar-refractivity contribution in [2.24, 2.45) is 5.92 Å². The Morgan fingerprint density at radius 1 is 1.14 bits per heavy atom. The summed E-state index contributed by atoms with van der Waals surface area (Å²) in [6.45, 7) is 2.37. The third kappa shape index (κ3) is 2.85. The van der Waals surface area contributed by atoms with Gasteiger partial charge in [0.2, 0.25) is 0 Å². The van der Waals surface area contributed by atoms with Crippen molar-refractivity contribution in [2.45, 2.75) is 25.3 Å². The Labute approximate surface area is 169 Å². The normalized spacial score (nSPS) is 22.0. The van der Waals surface area contributed by atoms with E-state index < -0.39 is 0 Å². The zero-order valence-electron chi connectivity index (χ0n) is 16.2. The summed E-state index contributed by atoms with van der Waals surface area (Å²) in [5.74, 6) is 1.00. The van der Waals surface area contributed by atoms with Gasteiger partial charge >= 0.3 is 0 Å². The lowest BCUT2D eigenvalue weighted by atomic mass is 9.76. The fourth-order valence-electron chi connectivity index (χ4n) is 4.88. The van der Waals surface area contributed by atoms with E-state index in [1.54, 1.807) is 0 Å². The molecule has 3 atom stereocenters. The molecule has 0 fully saturated rings. The van der Waals surface area contributed by atoms with Gasteiger partial charge in [-0.1, -0.05) is 54.6 Å². The van der Waals surface area contributed by atoms with Crippen molar-refractivity contribution >= 4 is 22.1 Å². The van der Waals surface area contributed by atoms with Crippen LogP contribution in [-0.2, 0) is 0 Å². The molecule has 3 aromatic carbocycles. The highest BCUT2D eigenvalue weighted by Gasteiger charge is 2.41. The summed E-state index contributed by atoms with van der Waals surface area (Å²) in [6.07, 6.45) is 5.34. The standard InChI is InChI=1S/C24H22N2O3/c1-2-29-16-13-21-18-10-6-12-20(18)23(25-24(21)22(14-16)26(27)28)19-11-5-8-15-7-3-4-9-17(15)19/h3-11,13-14,18,20,23,25H,2,12H2,1H3/t18-,20+,23+/m0/s1. The molecule has 0 radical (unpaired) electrons. The molecule has 0 amide bonds. The minimum absolute atomic E-state index is 0.00486. The van der Waals surface area contributed by atoms with Crippen molar-refractivity contribution in [1.29, 1.82) is 0 Å². The van der Waals surface area contributed by atoms with Crippen LogP contribution in [-0.4, -0.2) is 11.5 Å². The van der Waals surface area contributed by atoms with Gasteiger partial charge in [0.15, 0.2) is 0 Å². The maximum absolute atomic E-state index is 11.9. The zero-order valence-corrected chi connectivity index (χ0v) is 16.2. The fourth-order valence-corrected chi connectivity index (χ4v) is 4.88. The minimum Gasteiger partial charge on any atom is -0.494 e. The number of allylic oxidation sites excluding steroid dienone is 2. The van der Waals surface area contributed by atoms with Crippen molar-refractivity contribution in [2.75, 3.05) is 11.9 Å². The number of rotatable bonds is 4. The van der Waals surface area contributed by atoms with Crippen molar-refractivity contribution in [1.82, 2.24) is 0 Å². The average molecular weight is 386 g/mol. The maximum atomic E-state index is 11.9. The second-order valence-corrected chi connectivity index (χ2v) is 7.64. The van der Waals surface area contributed by atoms with Gasteiger partial charge in [-0.3, -0.25) is 10.1 Å². The summed E-state index contributed by atoms with van der Waals surface area (Å²) >= 11 is 0. The summed E-state index contributed by atoms with van der Waals surface area (Å²) in [5.41, 5.74) is 2.84. The van der Waals surface area contributed by atoms with E-state index in [2.05, 4.69) is 47.8 Å². The number of ether oxygens (including phenoxy) is 1. The van der Waals surface area contributed by atoms with Gasteiger partial charge in [0.1, 0.15) is 11.4 Å². The summed E-state index contributed by atoms with van der Waals surface area (Å²) in [4.78, 5) is 11.6. The second-order valence-electron chi connectivity index (χ2n) is 7.64. The van der Waals surface area contributed by atoms with Crippen LogP contribution in [0, 0.1) is 16.0 Å². The van der Waals surface area contributed by atoms with Gasteiger partial charge in [0.25, 0.3) is 5.69 Å². The molecule has 0 bridgehead atoms. The van der Waals surface area contributed by atoms with Gasteiger partial charge in [-0.05, 0) is 47.2 Å². The summed E-state index contributed by atoms with van der Waals surface area (Å²) in [5, 5.41) is 17.8. The molecule has 0 saturated carbocycles. The molecule has 5 heteroatoms. The summed E-state index contributed by atoms with van der Waals surface area (Å²) in [6, 6.07) is 18.1. The maximum Gasteiger partial charge on any atom is 0.296 e. The van der Waals surface area contributed by atoms with E-state index in [1.165, 1.54) is 22.4 Å². The Kier molecular flexibility index (Phi) is 4.23. The number of benzene rings is 3. The number of fused-ring (bicyclic) bond motifs is 4. The summed E-state index contributed by atoms with van der Waals surface area (Å²) in [7, 11) is 0. The summed E-state index contributed by atoms with van der Waals surface area (Å²) < 4.78 is 5.62. The zero-order chi connectivity index (χ0) is 20.0. The van der Waals surface area contributed by atoms with Gasteiger partial charge in [-0.2, -0.15) is 0 Å². The van der Waals surface area contributed by atoms with Crippen molar-refractivity contribution in [3.63, 3.8) is 0 Å². The van der Waals surface area contributed by atoms with Crippen LogP contribution < -0.4 is 10.1 Å². The molecule has 5 rings (SSSR count). The SMILES string of the molecule is CCOc1cc2c(c([N+](=O)[O-])c1)N[C@H](c1cccc3ccccc13)[C@@H]1CC=C[C@H]21.